The van der Waals surface area contributed by atoms with E-state index in [1.54, 1.807) is 0 Å². The highest BCUT2D eigenvalue weighted by Crippen LogP contribution is 2.43. The normalized spacial score (nSPS) is 12.0. The summed E-state index contributed by atoms with van der Waals surface area (Å²) in [6, 6.07) is -0.821. The smallest absolute Gasteiger partial charge is 0.472 e. The Bertz CT molecular complexity index is 668. The standard InChI is InChI=1S/C28H59O4P.C6H14N4O2/c1-3-5-7-9-11-13-15-17-19-21-23-25-27-31-33(29,30)32-28-26-24-22-20-18-16-14-12-10-8-6-4-2;7-4(5(11)12)2-1-3-10-6(8)9/h3-28H2,1-2H3,(H,29,30);4H,1-3,7H2,(H,11,12)(H4,8,9,10). The quantitative estimate of drug-likeness (QED) is 0.0172. The van der Waals surface area contributed by atoms with Crippen LogP contribution in [0.5, 0.6) is 0 Å². The van der Waals surface area contributed by atoms with Crippen molar-refractivity contribution in [3.05, 3.63) is 0 Å². The van der Waals surface area contributed by atoms with Gasteiger partial charge in [0.2, 0.25) is 0 Å². The summed E-state index contributed by atoms with van der Waals surface area (Å²) in [6.07, 6.45) is 31.5. The fourth-order valence-corrected chi connectivity index (χ4v) is 5.75. The van der Waals surface area contributed by atoms with E-state index in [1.165, 1.54) is 128 Å². The molecule has 0 aliphatic carbocycles. The van der Waals surface area contributed by atoms with E-state index in [4.69, 9.17) is 31.0 Å². The highest BCUT2D eigenvalue weighted by Gasteiger charge is 2.19. The van der Waals surface area contributed by atoms with Crippen molar-refractivity contribution in [3.8, 4) is 0 Å². The summed E-state index contributed by atoms with van der Waals surface area (Å²) in [4.78, 5) is 20.0. The molecule has 1 unspecified atom stereocenters. The SMILES string of the molecule is CCCCCCCCCCCCCCOP(=O)(O)OCCCCCCCCCCCCCC.N=C(N)NCCCC(N)C(=O)O. The fraction of sp³-hybridized carbons (Fsp3) is 0.941. The Labute approximate surface area is 276 Å². The molecule has 1 atom stereocenters. The lowest BCUT2D eigenvalue weighted by Gasteiger charge is -2.12. The predicted octanol–water partition coefficient (Wildman–Crippen LogP) is 9.18. The van der Waals surface area contributed by atoms with E-state index in [0.29, 0.717) is 32.6 Å². The zero-order chi connectivity index (χ0) is 33.9. The van der Waals surface area contributed by atoms with Crippen molar-refractivity contribution in [2.75, 3.05) is 19.8 Å². The zero-order valence-corrected chi connectivity index (χ0v) is 30.1. The maximum Gasteiger partial charge on any atom is 0.472 e. The molecule has 270 valence electrons. The number of hydrogen-bond acceptors (Lipinski definition) is 6. The van der Waals surface area contributed by atoms with Gasteiger partial charge in [-0.15, -0.1) is 0 Å². The van der Waals surface area contributed by atoms with Gasteiger partial charge in [-0.3, -0.25) is 19.3 Å². The number of nitrogens with one attached hydrogen (secondary N) is 2. The van der Waals surface area contributed by atoms with Crippen LogP contribution >= 0.6 is 7.82 Å². The summed E-state index contributed by atoms with van der Waals surface area (Å²) in [6.45, 7) is 5.65. The lowest BCUT2D eigenvalue weighted by Crippen LogP contribution is -2.34. The molecule has 8 N–H and O–H groups in total. The van der Waals surface area contributed by atoms with Crippen LogP contribution < -0.4 is 16.8 Å². The van der Waals surface area contributed by atoms with Gasteiger partial charge in [0, 0.05) is 6.54 Å². The molecular formula is C34H73N4O6P. The molecule has 11 heteroatoms. The Morgan fingerprint density at radius 3 is 1.27 bits per heavy atom. The molecule has 0 saturated heterocycles. The molecule has 0 amide bonds. The number of guanidine groups is 1. The molecule has 0 aromatic rings. The van der Waals surface area contributed by atoms with E-state index in [2.05, 4.69) is 19.2 Å². The Morgan fingerprint density at radius 2 is 0.978 bits per heavy atom. The minimum atomic E-state index is -3.86. The van der Waals surface area contributed by atoms with Crippen molar-refractivity contribution in [2.24, 2.45) is 11.5 Å². The lowest BCUT2D eigenvalue weighted by atomic mass is 10.1. The summed E-state index contributed by atoms with van der Waals surface area (Å²) in [5.74, 6) is -1.11. The van der Waals surface area contributed by atoms with Crippen molar-refractivity contribution < 1.29 is 28.4 Å². The molecule has 0 bridgehead atoms. The molecule has 0 aromatic heterocycles. The van der Waals surface area contributed by atoms with Crippen LogP contribution in [-0.2, 0) is 18.4 Å². The van der Waals surface area contributed by atoms with Gasteiger partial charge in [0.25, 0.3) is 0 Å². The van der Waals surface area contributed by atoms with Gasteiger partial charge in [0.15, 0.2) is 5.96 Å². The average molecular weight is 665 g/mol. The minimum Gasteiger partial charge on any atom is -0.480 e. The van der Waals surface area contributed by atoms with E-state index < -0.39 is 19.8 Å². The van der Waals surface area contributed by atoms with Crippen LogP contribution in [0.4, 0.5) is 0 Å². The molecule has 0 heterocycles. The maximum absolute atomic E-state index is 11.9. The van der Waals surface area contributed by atoms with Crippen molar-refractivity contribution >= 4 is 19.8 Å². The number of carboxylic acid groups (broad SMARTS) is 1. The monoisotopic (exact) mass is 665 g/mol. The number of rotatable bonds is 33. The molecule has 0 saturated carbocycles. The first-order valence-electron chi connectivity index (χ1n) is 18.3. The van der Waals surface area contributed by atoms with Crippen LogP contribution in [0.2, 0.25) is 0 Å². The number of unbranched alkanes of at least 4 members (excludes halogenated alkanes) is 22. The third-order valence-electron chi connectivity index (χ3n) is 7.83. The minimum absolute atomic E-state index is 0.112. The van der Waals surface area contributed by atoms with Crippen LogP contribution in [0.15, 0.2) is 0 Å². The number of carboxylic acids is 1. The predicted molar refractivity (Wildman–Crippen MR) is 189 cm³/mol. The number of aliphatic carboxylic acids is 1. The second-order valence-electron chi connectivity index (χ2n) is 12.3. The van der Waals surface area contributed by atoms with Gasteiger partial charge >= 0.3 is 13.8 Å². The zero-order valence-electron chi connectivity index (χ0n) is 29.2. The third-order valence-corrected chi connectivity index (χ3v) is 8.85. The van der Waals surface area contributed by atoms with Crippen LogP contribution in [0, 0.1) is 5.41 Å². The summed E-state index contributed by atoms with van der Waals surface area (Å²) < 4.78 is 22.2. The van der Waals surface area contributed by atoms with E-state index in [-0.39, 0.29) is 5.96 Å². The third kappa shape index (κ3) is 40.8. The maximum atomic E-state index is 11.9. The second-order valence-corrected chi connectivity index (χ2v) is 13.8. The topological polar surface area (TPSA) is 181 Å². The number of hydrogen-bond donors (Lipinski definition) is 6. The van der Waals surface area contributed by atoms with Crippen molar-refractivity contribution in [2.45, 2.75) is 187 Å². The number of nitrogens with two attached hydrogens (primary N) is 2. The van der Waals surface area contributed by atoms with Crippen LogP contribution in [0.25, 0.3) is 0 Å². The van der Waals surface area contributed by atoms with Gasteiger partial charge < -0.3 is 26.8 Å². The van der Waals surface area contributed by atoms with Gasteiger partial charge in [-0.25, -0.2) is 4.57 Å². The highest BCUT2D eigenvalue weighted by molar-refractivity contribution is 7.47. The molecule has 10 nitrogen and oxygen atoms in total. The van der Waals surface area contributed by atoms with Gasteiger partial charge in [0.05, 0.1) is 13.2 Å². The Morgan fingerprint density at radius 1 is 0.667 bits per heavy atom. The van der Waals surface area contributed by atoms with Gasteiger partial charge in [0.1, 0.15) is 6.04 Å². The highest BCUT2D eigenvalue weighted by atomic mass is 31.2. The molecule has 0 aliphatic heterocycles. The molecule has 0 spiro atoms. The first kappa shape index (κ1) is 45.9. The van der Waals surface area contributed by atoms with Gasteiger partial charge in [-0.2, -0.15) is 0 Å². The molecule has 0 rings (SSSR count). The number of carbonyl (C=O) groups is 1. The Balaban J connectivity index is 0. The molecule has 0 radical (unpaired) electrons. The van der Waals surface area contributed by atoms with Crippen LogP contribution in [-0.4, -0.2) is 47.7 Å². The van der Waals surface area contributed by atoms with Gasteiger partial charge in [-0.05, 0) is 25.7 Å². The largest absolute Gasteiger partial charge is 0.480 e. The lowest BCUT2D eigenvalue weighted by molar-refractivity contribution is -0.138. The van der Waals surface area contributed by atoms with E-state index in [1.807, 2.05) is 0 Å². The molecule has 0 aliphatic rings. The average Bonchev–Trinajstić information content (AvgIpc) is 3.00. The van der Waals surface area contributed by atoms with Crippen LogP contribution in [0.3, 0.4) is 0 Å². The van der Waals surface area contributed by atoms with E-state index in [0.717, 1.165) is 25.7 Å². The van der Waals surface area contributed by atoms with E-state index >= 15 is 0 Å². The first-order valence-corrected chi connectivity index (χ1v) is 19.8. The van der Waals surface area contributed by atoms with E-state index in [9.17, 15) is 14.3 Å². The number of phosphoric ester groups is 1. The summed E-state index contributed by atoms with van der Waals surface area (Å²) in [5.41, 5.74) is 10.2. The Kier molecular flexibility index (Phi) is 36.4. The van der Waals surface area contributed by atoms with Crippen molar-refractivity contribution in [3.63, 3.8) is 0 Å². The summed E-state index contributed by atoms with van der Waals surface area (Å²) >= 11 is 0. The number of phosphoric acid groups is 1. The first-order chi connectivity index (χ1) is 21.7. The van der Waals surface area contributed by atoms with Gasteiger partial charge in [-0.1, -0.05) is 155 Å². The summed E-state index contributed by atoms with van der Waals surface area (Å²) in [5, 5.41) is 17.7. The molecule has 45 heavy (non-hydrogen) atoms. The second kappa shape index (κ2) is 35.7. The molecular weight excluding hydrogens is 591 g/mol. The Hall–Kier alpha value is -1.19. The molecule has 0 aromatic carbocycles. The fourth-order valence-electron chi connectivity index (χ4n) is 4.95. The van der Waals surface area contributed by atoms with Crippen LogP contribution in [0.1, 0.15) is 181 Å². The molecule has 0 fully saturated rings. The summed E-state index contributed by atoms with van der Waals surface area (Å²) in [7, 11) is -3.86. The van der Waals surface area contributed by atoms with Crippen molar-refractivity contribution in [1.82, 2.24) is 5.32 Å². The van der Waals surface area contributed by atoms with Crippen molar-refractivity contribution in [1.29, 1.82) is 5.41 Å².